The molecule has 1 N–H and O–H groups in total. The van der Waals surface area contributed by atoms with E-state index in [1.807, 2.05) is 0 Å². The molecule has 0 bridgehead atoms. The van der Waals surface area contributed by atoms with Gasteiger partial charge in [0, 0.05) is 5.56 Å². The first-order valence-corrected chi connectivity index (χ1v) is 4.10. The van der Waals surface area contributed by atoms with Crippen LogP contribution in [0.5, 0.6) is 0 Å². The third kappa shape index (κ3) is 1.71. The Hall–Kier alpha value is -2.17. The van der Waals surface area contributed by atoms with E-state index < -0.39 is 11.8 Å². The molecule has 0 radical (unpaired) electrons. The van der Waals surface area contributed by atoms with Gasteiger partial charge in [-0.15, -0.1) is 0 Å². The Bertz CT molecular complexity index is 493. The molecule has 2 rings (SSSR count). The predicted molar refractivity (Wildman–Crippen MR) is 48.9 cm³/mol. The van der Waals surface area contributed by atoms with Crippen molar-refractivity contribution in [3.8, 4) is 11.3 Å². The molecule has 0 saturated heterocycles. The summed E-state index contributed by atoms with van der Waals surface area (Å²) in [5.41, 5.74) is 0.0910. The number of carboxylic acids is 1. The molecule has 5 heteroatoms. The molecule has 76 valence electrons. The molecule has 15 heavy (non-hydrogen) atoms. The van der Waals surface area contributed by atoms with E-state index in [1.54, 1.807) is 0 Å². The van der Waals surface area contributed by atoms with Gasteiger partial charge in [-0.05, 0) is 12.1 Å². The summed E-state index contributed by atoms with van der Waals surface area (Å²) in [6, 6.07) is 3.76. The average molecular weight is 207 g/mol. The number of carbonyl (C=O) groups is 1. The molecular weight excluding hydrogens is 201 g/mol. The van der Waals surface area contributed by atoms with Crippen molar-refractivity contribution in [2.45, 2.75) is 0 Å². The van der Waals surface area contributed by atoms with E-state index in [9.17, 15) is 9.18 Å². The Morgan fingerprint density at radius 1 is 1.47 bits per heavy atom. The second-order valence-electron chi connectivity index (χ2n) is 2.87. The molecule has 0 spiro atoms. The summed E-state index contributed by atoms with van der Waals surface area (Å²) in [5.74, 6) is -1.70. The Kier molecular flexibility index (Phi) is 2.21. The maximum Gasteiger partial charge on any atom is 0.338 e. The Labute approximate surface area is 84.0 Å². The molecular formula is C10H6FNO3. The van der Waals surface area contributed by atoms with Crippen molar-refractivity contribution in [1.29, 1.82) is 0 Å². The summed E-state index contributed by atoms with van der Waals surface area (Å²) >= 11 is 0. The first-order chi connectivity index (χ1) is 7.18. The van der Waals surface area contributed by atoms with Gasteiger partial charge in [-0.2, -0.15) is 0 Å². The summed E-state index contributed by atoms with van der Waals surface area (Å²) in [6.45, 7) is 0. The highest BCUT2D eigenvalue weighted by atomic mass is 19.1. The van der Waals surface area contributed by atoms with E-state index in [-0.39, 0.29) is 5.56 Å². The van der Waals surface area contributed by atoms with Gasteiger partial charge in [0.2, 0.25) is 0 Å². The van der Waals surface area contributed by atoms with Crippen LogP contribution in [0.15, 0.2) is 35.2 Å². The smallest absolute Gasteiger partial charge is 0.338 e. The standard InChI is InChI=1S/C10H6FNO3/c11-8-3-6(9-4-12-5-15-9)1-2-7(8)10(13)14/h1-5H,(H,13,14). The number of hydrogen-bond acceptors (Lipinski definition) is 3. The van der Waals surface area contributed by atoms with Crippen molar-refractivity contribution in [2.24, 2.45) is 0 Å². The second kappa shape index (κ2) is 3.53. The van der Waals surface area contributed by atoms with Gasteiger partial charge in [0.25, 0.3) is 0 Å². The lowest BCUT2D eigenvalue weighted by molar-refractivity contribution is 0.0692. The van der Waals surface area contributed by atoms with Gasteiger partial charge in [0.15, 0.2) is 12.2 Å². The van der Waals surface area contributed by atoms with Gasteiger partial charge < -0.3 is 9.52 Å². The summed E-state index contributed by atoms with van der Waals surface area (Å²) < 4.78 is 18.2. The summed E-state index contributed by atoms with van der Waals surface area (Å²) in [6.07, 6.45) is 2.65. The molecule has 0 aliphatic carbocycles. The first kappa shape index (κ1) is 9.39. The van der Waals surface area contributed by atoms with E-state index in [4.69, 9.17) is 9.52 Å². The van der Waals surface area contributed by atoms with E-state index in [0.29, 0.717) is 11.3 Å². The Morgan fingerprint density at radius 2 is 2.27 bits per heavy atom. The van der Waals surface area contributed by atoms with Gasteiger partial charge in [0.1, 0.15) is 5.82 Å². The number of carboxylic acid groups (broad SMARTS) is 1. The fourth-order valence-corrected chi connectivity index (χ4v) is 1.20. The quantitative estimate of drug-likeness (QED) is 0.819. The molecule has 0 aliphatic rings. The molecule has 0 amide bonds. The highest BCUT2D eigenvalue weighted by Gasteiger charge is 2.11. The van der Waals surface area contributed by atoms with E-state index >= 15 is 0 Å². The lowest BCUT2D eigenvalue weighted by atomic mass is 10.1. The minimum Gasteiger partial charge on any atom is -0.478 e. The van der Waals surface area contributed by atoms with Crippen molar-refractivity contribution < 1.29 is 18.7 Å². The number of aromatic nitrogens is 1. The number of hydrogen-bond donors (Lipinski definition) is 1. The van der Waals surface area contributed by atoms with Gasteiger partial charge in [0.05, 0.1) is 11.8 Å². The minimum absolute atomic E-state index is 0.363. The number of benzene rings is 1. The van der Waals surface area contributed by atoms with Crippen molar-refractivity contribution in [1.82, 2.24) is 4.98 Å². The third-order valence-electron chi connectivity index (χ3n) is 1.92. The van der Waals surface area contributed by atoms with Crippen molar-refractivity contribution in [2.75, 3.05) is 0 Å². The molecule has 1 aromatic carbocycles. The van der Waals surface area contributed by atoms with Crippen LogP contribution in [0, 0.1) is 5.82 Å². The average Bonchev–Trinajstić information content (AvgIpc) is 2.69. The number of nitrogens with zero attached hydrogens (tertiary/aromatic N) is 1. The molecule has 0 fully saturated rings. The van der Waals surface area contributed by atoms with Crippen LogP contribution in [-0.4, -0.2) is 16.1 Å². The highest BCUT2D eigenvalue weighted by Crippen LogP contribution is 2.21. The molecule has 0 unspecified atom stereocenters. The second-order valence-corrected chi connectivity index (χ2v) is 2.87. The zero-order valence-corrected chi connectivity index (χ0v) is 7.48. The normalized spacial score (nSPS) is 10.2. The predicted octanol–water partition coefficient (Wildman–Crippen LogP) is 2.18. The molecule has 0 aliphatic heterocycles. The molecule has 4 nitrogen and oxygen atoms in total. The first-order valence-electron chi connectivity index (χ1n) is 4.10. The number of aromatic carboxylic acids is 1. The zero-order chi connectivity index (χ0) is 10.8. The Balaban J connectivity index is 2.47. The molecule has 0 saturated carbocycles. The van der Waals surface area contributed by atoms with Crippen molar-refractivity contribution >= 4 is 5.97 Å². The lowest BCUT2D eigenvalue weighted by Gasteiger charge is -1.99. The van der Waals surface area contributed by atoms with Gasteiger partial charge in [-0.25, -0.2) is 14.2 Å². The van der Waals surface area contributed by atoms with Crippen LogP contribution in [0.2, 0.25) is 0 Å². The molecule has 0 atom stereocenters. The summed E-state index contributed by atoms with van der Waals surface area (Å²) in [5, 5.41) is 8.61. The fraction of sp³-hybridized carbons (Fsp3) is 0. The van der Waals surface area contributed by atoms with Crippen LogP contribution in [-0.2, 0) is 0 Å². The number of halogens is 1. The summed E-state index contributed by atoms with van der Waals surface area (Å²) in [7, 11) is 0. The largest absolute Gasteiger partial charge is 0.478 e. The van der Waals surface area contributed by atoms with Gasteiger partial charge in [-0.3, -0.25) is 0 Å². The SMILES string of the molecule is O=C(O)c1ccc(-c2cnco2)cc1F. The van der Waals surface area contributed by atoms with Gasteiger partial charge >= 0.3 is 5.97 Å². The maximum absolute atomic E-state index is 13.2. The van der Waals surface area contributed by atoms with Gasteiger partial charge in [-0.1, -0.05) is 6.07 Å². The molecule has 1 aromatic heterocycles. The van der Waals surface area contributed by atoms with E-state index in [2.05, 4.69) is 4.98 Å². The van der Waals surface area contributed by atoms with E-state index in [1.165, 1.54) is 24.7 Å². The lowest BCUT2D eigenvalue weighted by Crippen LogP contribution is -1.99. The highest BCUT2D eigenvalue weighted by molar-refractivity contribution is 5.88. The molecule has 2 aromatic rings. The third-order valence-corrected chi connectivity index (χ3v) is 1.92. The van der Waals surface area contributed by atoms with Crippen LogP contribution < -0.4 is 0 Å². The fourth-order valence-electron chi connectivity index (χ4n) is 1.20. The number of rotatable bonds is 2. The monoisotopic (exact) mass is 207 g/mol. The summed E-state index contributed by atoms with van der Waals surface area (Å²) in [4.78, 5) is 14.2. The zero-order valence-electron chi connectivity index (χ0n) is 7.48. The van der Waals surface area contributed by atoms with E-state index in [0.717, 1.165) is 6.07 Å². The maximum atomic E-state index is 13.2. The van der Waals surface area contributed by atoms with Crippen molar-refractivity contribution in [3.63, 3.8) is 0 Å². The van der Waals surface area contributed by atoms with Crippen LogP contribution in [0.25, 0.3) is 11.3 Å². The van der Waals surface area contributed by atoms with Crippen molar-refractivity contribution in [3.05, 3.63) is 42.2 Å². The van der Waals surface area contributed by atoms with Crippen LogP contribution >= 0.6 is 0 Å². The topological polar surface area (TPSA) is 63.3 Å². The molecule has 1 heterocycles. The minimum atomic E-state index is -1.29. The van der Waals surface area contributed by atoms with Crippen LogP contribution in [0.1, 0.15) is 10.4 Å². The Morgan fingerprint density at radius 3 is 2.80 bits per heavy atom. The van der Waals surface area contributed by atoms with Crippen LogP contribution in [0.4, 0.5) is 4.39 Å². The number of oxazole rings is 1. The van der Waals surface area contributed by atoms with Crippen LogP contribution in [0.3, 0.4) is 0 Å².